The van der Waals surface area contributed by atoms with Crippen LogP contribution < -0.4 is 10.6 Å². The van der Waals surface area contributed by atoms with Crippen LogP contribution in [0.15, 0.2) is 22.6 Å². The molecular formula is C14H15FN2O4. The second kappa shape index (κ2) is 6.25. The van der Waals surface area contributed by atoms with Crippen molar-refractivity contribution in [2.45, 2.75) is 19.9 Å². The fourth-order valence-electron chi connectivity index (χ4n) is 1.92. The predicted molar refractivity (Wildman–Crippen MR) is 73.4 cm³/mol. The number of carbonyl (C=O) groups excluding carboxylic acids is 1. The molecule has 21 heavy (non-hydrogen) atoms. The molecule has 2 rings (SSSR count). The number of carboxylic acid groups (broad SMARTS) is 1. The van der Waals surface area contributed by atoms with Crippen molar-refractivity contribution in [3.63, 3.8) is 0 Å². The minimum atomic E-state index is -0.981. The lowest BCUT2D eigenvalue weighted by molar-refractivity contribution is -0.136. The Bertz CT molecular complexity index is 681. The summed E-state index contributed by atoms with van der Waals surface area (Å²) < 4.78 is 18.7. The molecule has 0 saturated carbocycles. The number of benzene rings is 1. The number of fused-ring (bicyclic) bond motifs is 1. The molecule has 1 aromatic carbocycles. The molecule has 0 saturated heterocycles. The Morgan fingerprint density at radius 2 is 2.10 bits per heavy atom. The van der Waals surface area contributed by atoms with Gasteiger partial charge >= 0.3 is 12.0 Å². The SMILES string of the molecule is Cc1c(CNC(=O)NCCC(=O)O)oc2ccc(F)cc12. The fourth-order valence-corrected chi connectivity index (χ4v) is 1.92. The van der Waals surface area contributed by atoms with Gasteiger partial charge in [0.2, 0.25) is 0 Å². The van der Waals surface area contributed by atoms with Gasteiger partial charge in [0.15, 0.2) is 0 Å². The van der Waals surface area contributed by atoms with Crippen molar-refractivity contribution in [3.05, 3.63) is 35.3 Å². The van der Waals surface area contributed by atoms with Crippen LogP contribution in [0.2, 0.25) is 0 Å². The Morgan fingerprint density at radius 1 is 1.33 bits per heavy atom. The Hall–Kier alpha value is -2.57. The van der Waals surface area contributed by atoms with Crippen molar-refractivity contribution in [3.8, 4) is 0 Å². The maximum Gasteiger partial charge on any atom is 0.315 e. The van der Waals surface area contributed by atoms with E-state index in [2.05, 4.69) is 10.6 Å². The summed E-state index contributed by atoms with van der Waals surface area (Å²) in [4.78, 5) is 21.8. The van der Waals surface area contributed by atoms with E-state index in [0.717, 1.165) is 5.56 Å². The molecule has 112 valence electrons. The Labute approximate surface area is 119 Å². The molecule has 3 N–H and O–H groups in total. The number of hydrogen-bond donors (Lipinski definition) is 3. The van der Waals surface area contributed by atoms with Gasteiger partial charge in [-0.3, -0.25) is 4.79 Å². The number of nitrogens with one attached hydrogen (secondary N) is 2. The second-order valence-corrected chi connectivity index (χ2v) is 4.54. The van der Waals surface area contributed by atoms with Crippen LogP contribution in [0.5, 0.6) is 0 Å². The number of aliphatic carboxylic acids is 1. The fraction of sp³-hybridized carbons (Fsp3) is 0.286. The van der Waals surface area contributed by atoms with E-state index in [1.807, 2.05) is 0 Å². The molecule has 7 heteroatoms. The van der Waals surface area contributed by atoms with Crippen LogP contribution in [0.1, 0.15) is 17.7 Å². The van der Waals surface area contributed by atoms with E-state index in [0.29, 0.717) is 16.7 Å². The van der Waals surface area contributed by atoms with Gasteiger partial charge < -0.3 is 20.2 Å². The summed E-state index contributed by atoms with van der Waals surface area (Å²) in [6.45, 7) is 1.97. The lowest BCUT2D eigenvalue weighted by Gasteiger charge is -2.05. The summed E-state index contributed by atoms with van der Waals surface area (Å²) in [5.41, 5.74) is 1.31. The van der Waals surface area contributed by atoms with Crippen molar-refractivity contribution in [2.24, 2.45) is 0 Å². The molecule has 2 amide bonds. The third-order valence-electron chi connectivity index (χ3n) is 3.03. The molecule has 0 fully saturated rings. The number of rotatable bonds is 5. The maximum absolute atomic E-state index is 13.2. The zero-order valence-corrected chi connectivity index (χ0v) is 11.4. The summed E-state index contributed by atoms with van der Waals surface area (Å²) in [5.74, 6) is -0.799. The van der Waals surface area contributed by atoms with Crippen molar-refractivity contribution >= 4 is 23.0 Å². The summed E-state index contributed by atoms with van der Waals surface area (Å²) in [6, 6.07) is 3.74. The van der Waals surface area contributed by atoms with E-state index in [1.54, 1.807) is 6.92 Å². The van der Waals surface area contributed by atoms with Gasteiger partial charge in [0.25, 0.3) is 0 Å². The lowest BCUT2D eigenvalue weighted by Crippen LogP contribution is -2.36. The van der Waals surface area contributed by atoms with Gasteiger partial charge in [0.05, 0.1) is 13.0 Å². The van der Waals surface area contributed by atoms with E-state index in [1.165, 1.54) is 18.2 Å². The first-order valence-corrected chi connectivity index (χ1v) is 6.38. The monoisotopic (exact) mass is 294 g/mol. The smallest absolute Gasteiger partial charge is 0.315 e. The van der Waals surface area contributed by atoms with Crippen molar-refractivity contribution in [1.29, 1.82) is 0 Å². The largest absolute Gasteiger partial charge is 0.481 e. The van der Waals surface area contributed by atoms with Crippen LogP contribution in [0.25, 0.3) is 11.0 Å². The normalized spacial score (nSPS) is 10.6. The van der Waals surface area contributed by atoms with Gasteiger partial charge in [-0.25, -0.2) is 9.18 Å². The summed E-state index contributed by atoms with van der Waals surface area (Å²) >= 11 is 0. The van der Waals surface area contributed by atoms with E-state index in [-0.39, 0.29) is 25.3 Å². The van der Waals surface area contributed by atoms with E-state index >= 15 is 0 Å². The average molecular weight is 294 g/mol. The molecule has 0 aliphatic rings. The third kappa shape index (κ3) is 3.71. The van der Waals surface area contributed by atoms with Gasteiger partial charge in [-0.05, 0) is 25.1 Å². The number of aryl methyl sites for hydroxylation is 1. The molecule has 2 aromatic rings. The number of furan rings is 1. The molecule has 0 aliphatic heterocycles. The van der Waals surface area contributed by atoms with Gasteiger partial charge in [0.1, 0.15) is 17.2 Å². The minimum Gasteiger partial charge on any atom is -0.481 e. The van der Waals surface area contributed by atoms with Crippen molar-refractivity contribution in [1.82, 2.24) is 10.6 Å². The second-order valence-electron chi connectivity index (χ2n) is 4.54. The lowest BCUT2D eigenvalue weighted by atomic mass is 10.1. The van der Waals surface area contributed by atoms with Crippen LogP contribution >= 0.6 is 0 Å². The molecule has 6 nitrogen and oxygen atoms in total. The molecule has 0 unspecified atom stereocenters. The quantitative estimate of drug-likeness (QED) is 0.788. The molecule has 0 bridgehead atoms. The first-order chi connectivity index (χ1) is 9.97. The average Bonchev–Trinajstić information content (AvgIpc) is 2.73. The Balaban J connectivity index is 1.96. The molecule has 0 spiro atoms. The van der Waals surface area contributed by atoms with Crippen molar-refractivity contribution < 1.29 is 23.5 Å². The first kappa shape index (κ1) is 14.8. The Kier molecular flexibility index (Phi) is 4.42. The highest BCUT2D eigenvalue weighted by atomic mass is 19.1. The van der Waals surface area contributed by atoms with Crippen LogP contribution in [-0.4, -0.2) is 23.7 Å². The van der Waals surface area contributed by atoms with Crippen molar-refractivity contribution in [2.75, 3.05) is 6.54 Å². The topological polar surface area (TPSA) is 91.6 Å². The van der Waals surface area contributed by atoms with Crippen LogP contribution in [0.4, 0.5) is 9.18 Å². The minimum absolute atomic E-state index is 0.0471. The zero-order chi connectivity index (χ0) is 15.4. The Morgan fingerprint density at radius 3 is 2.81 bits per heavy atom. The van der Waals surface area contributed by atoms with Gasteiger partial charge in [-0.15, -0.1) is 0 Å². The van der Waals surface area contributed by atoms with E-state index in [9.17, 15) is 14.0 Å². The molecule has 1 aromatic heterocycles. The van der Waals surface area contributed by atoms with E-state index < -0.39 is 12.0 Å². The van der Waals surface area contributed by atoms with Gasteiger partial charge in [0, 0.05) is 17.5 Å². The summed E-state index contributed by atoms with van der Waals surface area (Å²) in [5, 5.41) is 14.1. The highest BCUT2D eigenvalue weighted by Gasteiger charge is 2.12. The molecule has 0 atom stereocenters. The number of halogens is 1. The maximum atomic E-state index is 13.2. The third-order valence-corrected chi connectivity index (χ3v) is 3.03. The standard InChI is InChI=1S/C14H15FN2O4/c1-8-10-6-9(15)2-3-11(10)21-12(8)7-17-14(20)16-5-4-13(18)19/h2-3,6H,4-5,7H2,1H3,(H,18,19)(H2,16,17,20). The van der Waals surface area contributed by atoms with Crippen LogP contribution in [0, 0.1) is 12.7 Å². The molecule has 0 radical (unpaired) electrons. The first-order valence-electron chi connectivity index (χ1n) is 6.38. The summed E-state index contributed by atoms with van der Waals surface area (Å²) in [7, 11) is 0. The highest BCUT2D eigenvalue weighted by Crippen LogP contribution is 2.25. The zero-order valence-electron chi connectivity index (χ0n) is 11.4. The van der Waals surface area contributed by atoms with E-state index in [4.69, 9.17) is 9.52 Å². The van der Waals surface area contributed by atoms with Gasteiger partial charge in [-0.1, -0.05) is 0 Å². The highest BCUT2D eigenvalue weighted by molar-refractivity contribution is 5.82. The van der Waals surface area contributed by atoms with Gasteiger partial charge in [-0.2, -0.15) is 0 Å². The molecule has 0 aliphatic carbocycles. The number of urea groups is 1. The van der Waals surface area contributed by atoms with Crippen LogP contribution in [0.3, 0.4) is 0 Å². The predicted octanol–water partition coefficient (Wildman–Crippen LogP) is 2.15. The molecular weight excluding hydrogens is 279 g/mol. The number of amides is 2. The number of carboxylic acids is 1. The summed E-state index contributed by atoms with van der Waals surface area (Å²) in [6.07, 6.45) is -0.142. The number of hydrogen-bond acceptors (Lipinski definition) is 3. The van der Waals surface area contributed by atoms with Crippen LogP contribution in [-0.2, 0) is 11.3 Å². The molecule has 1 heterocycles. The number of carbonyl (C=O) groups is 2.